The van der Waals surface area contributed by atoms with E-state index in [1.807, 2.05) is 49.5 Å². The standard InChI is InChI=1S/C24H30N4O4/c1-16-7-8-23(32-16)22(28-9-11-31-12-10-28)15-26-24(30)21(27-17(2)29)13-18-14-25-20-6-4-3-5-19(18)20/h3-8,14,21-22,25H,9-13,15H2,1-2H3,(H,26,30)(H,27,29). The Labute approximate surface area is 187 Å². The molecule has 0 aliphatic carbocycles. The number of nitrogens with zero attached hydrogens (tertiary/aromatic N) is 1. The van der Waals surface area contributed by atoms with Crippen molar-refractivity contribution in [1.82, 2.24) is 20.5 Å². The van der Waals surface area contributed by atoms with E-state index < -0.39 is 6.04 Å². The molecule has 0 radical (unpaired) electrons. The zero-order valence-electron chi connectivity index (χ0n) is 18.5. The van der Waals surface area contributed by atoms with E-state index in [4.69, 9.17) is 9.15 Å². The van der Waals surface area contributed by atoms with Gasteiger partial charge in [-0.1, -0.05) is 18.2 Å². The number of para-hydroxylation sites is 1. The van der Waals surface area contributed by atoms with E-state index >= 15 is 0 Å². The molecule has 8 nitrogen and oxygen atoms in total. The van der Waals surface area contributed by atoms with Crippen LogP contribution in [0.4, 0.5) is 0 Å². The molecule has 170 valence electrons. The SMILES string of the molecule is CC(=O)NC(Cc1c[nH]c2ccccc12)C(=O)NCC(c1ccc(C)o1)N1CCOCC1. The van der Waals surface area contributed by atoms with E-state index in [-0.39, 0.29) is 17.9 Å². The van der Waals surface area contributed by atoms with Crippen molar-refractivity contribution >= 4 is 22.7 Å². The van der Waals surface area contributed by atoms with Crippen LogP contribution in [-0.2, 0) is 20.7 Å². The number of nitrogens with one attached hydrogen (secondary N) is 3. The first-order valence-electron chi connectivity index (χ1n) is 11.0. The quantitative estimate of drug-likeness (QED) is 0.501. The van der Waals surface area contributed by atoms with E-state index in [0.29, 0.717) is 26.2 Å². The zero-order chi connectivity index (χ0) is 22.5. The van der Waals surface area contributed by atoms with Crippen molar-refractivity contribution in [2.24, 2.45) is 0 Å². The van der Waals surface area contributed by atoms with Crippen molar-refractivity contribution in [2.75, 3.05) is 32.8 Å². The maximum atomic E-state index is 13.2. The summed E-state index contributed by atoms with van der Waals surface area (Å²) in [5.41, 5.74) is 1.99. The van der Waals surface area contributed by atoms with Gasteiger partial charge in [0.15, 0.2) is 0 Å². The summed E-state index contributed by atoms with van der Waals surface area (Å²) < 4.78 is 11.4. The number of hydrogen-bond donors (Lipinski definition) is 3. The molecular weight excluding hydrogens is 408 g/mol. The van der Waals surface area contributed by atoms with Gasteiger partial charge in [-0.15, -0.1) is 0 Å². The van der Waals surface area contributed by atoms with E-state index in [1.165, 1.54) is 6.92 Å². The predicted molar refractivity (Wildman–Crippen MR) is 121 cm³/mol. The van der Waals surface area contributed by atoms with Gasteiger partial charge in [-0.3, -0.25) is 14.5 Å². The van der Waals surface area contributed by atoms with Gasteiger partial charge < -0.3 is 24.8 Å². The predicted octanol–water partition coefficient (Wildman–Crippen LogP) is 2.31. The Hall–Kier alpha value is -3.10. The molecule has 3 heterocycles. The van der Waals surface area contributed by atoms with E-state index in [0.717, 1.165) is 41.1 Å². The molecule has 2 atom stereocenters. The van der Waals surface area contributed by atoms with Crippen molar-refractivity contribution in [1.29, 1.82) is 0 Å². The van der Waals surface area contributed by atoms with E-state index in [1.54, 1.807) is 0 Å². The lowest BCUT2D eigenvalue weighted by Crippen LogP contribution is -2.50. The Balaban J connectivity index is 1.48. The maximum absolute atomic E-state index is 13.2. The van der Waals surface area contributed by atoms with Crippen LogP contribution in [0.15, 0.2) is 47.0 Å². The van der Waals surface area contributed by atoms with Gasteiger partial charge >= 0.3 is 0 Å². The molecule has 1 aliphatic rings. The number of fused-ring (bicyclic) bond motifs is 1. The molecule has 1 aromatic carbocycles. The second-order valence-corrected chi connectivity index (χ2v) is 8.17. The number of carbonyl (C=O) groups excluding carboxylic acids is 2. The van der Waals surface area contributed by atoms with Crippen molar-refractivity contribution in [3.05, 3.63) is 59.7 Å². The number of aryl methyl sites for hydroxylation is 1. The topological polar surface area (TPSA) is 99.6 Å². The number of hydrogen-bond acceptors (Lipinski definition) is 5. The molecule has 0 spiro atoms. The van der Waals surface area contributed by atoms with Crippen LogP contribution in [0.5, 0.6) is 0 Å². The Kier molecular flexibility index (Phi) is 6.92. The smallest absolute Gasteiger partial charge is 0.242 e. The molecule has 0 bridgehead atoms. The summed E-state index contributed by atoms with van der Waals surface area (Å²) in [6.07, 6.45) is 2.30. The zero-order valence-corrected chi connectivity index (χ0v) is 18.5. The van der Waals surface area contributed by atoms with Gasteiger partial charge in [-0.25, -0.2) is 0 Å². The highest BCUT2D eigenvalue weighted by Crippen LogP contribution is 2.24. The summed E-state index contributed by atoms with van der Waals surface area (Å²) in [6, 6.07) is 11.1. The lowest BCUT2D eigenvalue weighted by atomic mass is 10.0. The highest BCUT2D eigenvalue weighted by molar-refractivity contribution is 5.89. The monoisotopic (exact) mass is 438 g/mol. The molecule has 3 N–H and O–H groups in total. The highest BCUT2D eigenvalue weighted by Gasteiger charge is 2.28. The Morgan fingerprint density at radius 2 is 1.94 bits per heavy atom. The lowest BCUT2D eigenvalue weighted by Gasteiger charge is -2.33. The van der Waals surface area contributed by atoms with Crippen LogP contribution in [-0.4, -0.2) is 60.6 Å². The fourth-order valence-corrected chi connectivity index (χ4v) is 4.23. The van der Waals surface area contributed by atoms with Gasteiger partial charge in [-0.2, -0.15) is 0 Å². The third-order valence-electron chi connectivity index (χ3n) is 5.84. The maximum Gasteiger partial charge on any atom is 0.242 e. The van der Waals surface area contributed by atoms with Gasteiger partial charge in [0.1, 0.15) is 17.6 Å². The van der Waals surface area contributed by atoms with Crippen LogP contribution in [0.25, 0.3) is 10.9 Å². The molecule has 1 fully saturated rings. The molecule has 2 aromatic heterocycles. The molecule has 2 unspecified atom stereocenters. The largest absolute Gasteiger partial charge is 0.465 e. The highest BCUT2D eigenvalue weighted by atomic mass is 16.5. The minimum absolute atomic E-state index is 0.0948. The molecule has 4 rings (SSSR count). The van der Waals surface area contributed by atoms with Crippen molar-refractivity contribution < 1.29 is 18.7 Å². The van der Waals surface area contributed by atoms with Crippen molar-refractivity contribution in [3.63, 3.8) is 0 Å². The number of carbonyl (C=O) groups is 2. The van der Waals surface area contributed by atoms with Crippen LogP contribution < -0.4 is 10.6 Å². The Morgan fingerprint density at radius 1 is 1.16 bits per heavy atom. The summed E-state index contributed by atoms with van der Waals surface area (Å²) >= 11 is 0. The first-order valence-corrected chi connectivity index (χ1v) is 11.0. The fourth-order valence-electron chi connectivity index (χ4n) is 4.23. The van der Waals surface area contributed by atoms with Crippen LogP contribution in [0.2, 0.25) is 0 Å². The summed E-state index contributed by atoms with van der Waals surface area (Å²) in [5, 5.41) is 6.90. The lowest BCUT2D eigenvalue weighted by molar-refractivity contribution is -0.128. The second-order valence-electron chi connectivity index (χ2n) is 8.17. The molecular formula is C24H30N4O4. The minimum Gasteiger partial charge on any atom is -0.465 e. The molecule has 0 saturated carbocycles. The fraction of sp³-hybridized carbons (Fsp3) is 0.417. The normalized spacial score (nSPS) is 16.6. The van der Waals surface area contributed by atoms with Gasteiger partial charge in [0.25, 0.3) is 0 Å². The van der Waals surface area contributed by atoms with Gasteiger partial charge in [0.05, 0.1) is 19.3 Å². The number of ether oxygens (including phenoxy) is 1. The van der Waals surface area contributed by atoms with Crippen LogP contribution in [0.3, 0.4) is 0 Å². The molecule has 8 heteroatoms. The third kappa shape index (κ3) is 5.20. The van der Waals surface area contributed by atoms with Crippen LogP contribution in [0, 0.1) is 6.92 Å². The van der Waals surface area contributed by atoms with E-state index in [2.05, 4.69) is 20.5 Å². The van der Waals surface area contributed by atoms with Gasteiger partial charge in [-0.05, 0) is 30.7 Å². The molecule has 2 amide bonds. The second kappa shape index (κ2) is 10.0. The summed E-state index contributed by atoms with van der Waals surface area (Å²) in [4.78, 5) is 30.5. The first-order chi connectivity index (χ1) is 15.5. The van der Waals surface area contributed by atoms with Crippen LogP contribution >= 0.6 is 0 Å². The summed E-state index contributed by atoms with van der Waals surface area (Å²) in [6.45, 7) is 6.56. The van der Waals surface area contributed by atoms with Crippen molar-refractivity contribution in [2.45, 2.75) is 32.4 Å². The molecule has 1 aliphatic heterocycles. The van der Waals surface area contributed by atoms with E-state index in [9.17, 15) is 9.59 Å². The van der Waals surface area contributed by atoms with Gasteiger partial charge in [0, 0.05) is 50.1 Å². The number of benzene rings is 1. The number of morpholine rings is 1. The third-order valence-corrected chi connectivity index (χ3v) is 5.84. The number of aromatic amines is 1. The number of furan rings is 1. The average Bonchev–Trinajstić information content (AvgIpc) is 3.40. The molecule has 1 saturated heterocycles. The molecule has 3 aromatic rings. The Bertz CT molecular complexity index is 1070. The Morgan fingerprint density at radius 3 is 2.66 bits per heavy atom. The van der Waals surface area contributed by atoms with Crippen LogP contribution in [0.1, 0.15) is 30.0 Å². The first kappa shape index (κ1) is 22.1. The average molecular weight is 439 g/mol. The number of aromatic nitrogens is 1. The molecule has 32 heavy (non-hydrogen) atoms. The minimum atomic E-state index is -0.671. The number of rotatable bonds is 8. The van der Waals surface area contributed by atoms with Gasteiger partial charge in [0.2, 0.25) is 11.8 Å². The van der Waals surface area contributed by atoms with Crippen molar-refractivity contribution in [3.8, 4) is 0 Å². The summed E-state index contributed by atoms with van der Waals surface area (Å²) in [7, 11) is 0. The summed E-state index contributed by atoms with van der Waals surface area (Å²) in [5.74, 6) is 1.20. The number of H-pyrrole nitrogens is 1. The number of amides is 2.